The maximum absolute atomic E-state index is 13.6. The number of halogens is 1. The van der Waals surface area contributed by atoms with Gasteiger partial charge in [0.1, 0.15) is 5.71 Å². The maximum atomic E-state index is 13.6. The summed E-state index contributed by atoms with van der Waals surface area (Å²) in [6, 6.07) is 4.15. The summed E-state index contributed by atoms with van der Waals surface area (Å²) in [6.45, 7) is 2.11. The zero-order chi connectivity index (χ0) is 14.5. The molecule has 1 aliphatic rings. The normalized spacial score (nSPS) is 14.3. The Labute approximate surface area is 115 Å². The van der Waals surface area contributed by atoms with E-state index in [0.717, 1.165) is 0 Å². The predicted octanol–water partition coefficient (Wildman–Crippen LogP) is 1.43. The van der Waals surface area contributed by atoms with Gasteiger partial charge in [0.05, 0.1) is 6.61 Å². The first-order chi connectivity index (χ1) is 9.60. The number of anilines is 1. The van der Waals surface area contributed by atoms with Crippen molar-refractivity contribution in [2.24, 2.45) is 5.10 Å². The average Bonchev–Trinajstić information content (AvgIpc) is 2.42. The Balaban J connectivity index is 2.04. The van der Waals surface area contributed by atoms with Crippen LogP contribution in [0.2, 0.25) is 0 Å². The number of amides is 2. The summed E-state index contributed by atoms with van der Waals surface area (Å²) >= 11 is 0. The Morgan fingerprint density at radius 3 is 2.90 bits per heavy atom. The minimum absolute atomic E-state index is 0.132. The molecule has 106 valence electrons. The van der Waals surface area contributed by atoms with E-state index in [-0.39, 0.29) is 30.2 Å². The molecule has 0 aromatic heterocycles. The molecular weight excluding hydrogens is 265 g/mol. The number of hydrogen-bond acceptors (Lipinski definition) is 4. The van der Waals surface area contributed by atoms with Gasteiger partial charge >= 0.3 is 0 Å². The molecule has 0 unspecified atom stereocenters. The van der Waals surface area contributed by atoms with Crippen molar-refractivity contribution in [2.75, 3.05) is 11.9 Å². The number of rotatable bonds is 4. The maximum Gasteiger partial charge on any atom is 0.271 e. The van der Waals surface area contributed by atoms with E-state index in [2.05, 4.69) is 15.8 Å². The molecule has 7 heteroatoms. The van der Waals surface area contributed by atoms with E-state index in [4.69, 9.17) is 4.74 Å². The fourth-order valence-corrected chi connectivity index (χ4v) is 1.69. The third-order valence-electron chi connectivity index (χ3n) is 2.66. The molecule has 6 nitrogen and oxygen atoms in total. The Bertz CT molecular complexity index is 572. The first kappa shape index (κ1) is 14.0. The Hall–Kier alpha value is -2.44. The van der Waals surface area contributed by atoms with Gasteiger partial charge in [0.15, 0.2) is 11.6 Å². The molecule has 1 aliphatic heterocycles. The van der Waals surface area contributed by atoms with E-state index in [9.17, 15) is 14.0 Å². The van der Waals surface area contributed by atoms with Gasteiger partial charge in [0, 0.05) is 24.6 Å². The van der Waals surface area contributed by atoms with Crippen LogP contribution >= 0.6 is 0 Å². The zero-order valence-corrected chi connectivity index (χ0v) is 10.9. The quantitative estimate of drug-likeness (QED) is 0.875. The second-order valence-corrected chi connectivity index (χ2v) is 4.13. The minimum atomic E-state index is -0.552. The van der Waals surface area contributed by atoms with E-state index < -0.39 is 11.7 Å². The van der Waals surface area contributed by atoms with Gasteiger partial charge in [-0.3, -0.25) is 9.59 Å². The molecular formula is C13H14FN3O3. The lowest BCUT2D eigenvalue weighted by Gasteiger charge is -2.12. The van der Waals surface area contributed by atoms with Gasteiger partial charge in [0.2, 0.25) is 5.91 Å². The van der Waals surface area contributed by atoms with Crippen LogP contribution in [-0.4, -0.2) is 24.1 Å². The molecule has 0 saturated heterocycles. The Kier molecular flexibility index (Phi) is 4.29. The van der Waals surface area contributed by atoms with Gasteiger partial charge in [0.25, 0.3) is 5.91 Å². The zero-order valence-electron chi connectivity index (χ0n) is 10.9. The largest absolute Gasteiger partial charge is 0.491 e. The summed E-state index contributed by atoms with van der Waals surface area (Å²) < 4.78 is 18.7. The monoisotopic (exact) mass is 279 g/mol. The predicted molar refractivity (Wildman–Crippen MR) is 71.0 cm³/mol. The Morgan fingerprint density at radius 2 is 2.30 bits per heavy atom. The van der Waals surface area contributed by atoms with Gasteiger partial charge in [-0.05, 0) is 19.1 Å². The van der Waals surface area contributed by atoms with Crippen LogP contribution in [0.25, 0.3) is 0 Å². The highest BCUT2D eigenvalue weighted by molar-refractivity contribution is 6.43. The van der Waals surface area contributed by atoms with Crippen LogP contribution in [-0.2, 0) is 9.59 Å². The van der Waals surface area contributed by atoms with E-state index >= 15 is 0 Å². The van der Waals surface area contributed by atoms with Gasteiger partial charge in [-0.2, -0.15) is 5.10 Å². The number of hydrazone groups is 1. The summed E-state index contributed by atoms with van der Waals surface area (Å²) in [4.78, 5) is 22.8. The lowest BCUT2D eigenvalue weighted by atomic mass is 10.1. The summed E-state index contributed by atoms with van der Waals surface area (Å²) in [5, 5.41) is 6.18. The van der Waals surface area contributed by atoms with E-state index in [1.54, 1.807) is 6.92 Å². The molecule has 0 spiro atoms. The smallest absolute Gasteiger partial charge is 0.271 e. The van der Waals surface area contributed by atoms with Crippen LogP contribution in [0.3, 0.4) is 0 Å². The van der Waals surface area contributed by atoms with Crippen molar-refractivity contribution < 1.29 is 18.7 Å². The van der Waals surface area contributed by atoms with Crippen molar-refractivity contribution in [1.82, 2.24) is 5.43 Å². The molecule has 0 aliphatic carbocycles. The van der Waals surface area contributed by atoms with Crippen LogP contribution in [0.5, 0.6) is 5.75 Å². The molecule has 2 N–H and O–H groups in total. The molecule has 0 atom stereocenters. The summed E-state index contributed by atoms with van der Waals surface area (Å²) in [6.07, 6.45) is 0.473. The molecule has 0 bridgehead atoms. The number of ether oxygens (including phenoxy) is 1. The van der Waals surface area contributed by atoms with Crippen LogP contribution in [0.4, 0.5) is 10.1 Å². The number of nitrogens with one attached hydrogen (secondary N) is 2. The van der Waals surface area contributed by atoms with E-state index in [1.807, 2.05) is 0 Å². The van der Waals surface area contributed by atoms with Crippen molar-refractivity contribution in [2.45, 2.75) is 19.8 Å². The molecule has 2 rings (SSSR count). The van der Waals surface area contributed by atoms with E-state index in [1.165, 1.54) is 18.2 Å². The third kappa shape index (κ3) is 3.31. The Morgan fingerprint density at radius 1 is 1.50 bits per heavy atom. The third-order valence-corrected chi connectivity index (χ3v) is 2.66. The molecule has 0 radical (unpaired) electrons. The fourth-order valence-electron chi connectivity index (χ4n) is 1.69. The first-order valence-electron chi connectivity index (χ1n) is 6.19. The highest BCUT2D eigenvalue weighted by atomic mass is 19.1. The van der Waals surface area contributed by atoms with Gasteiger partial charge < -0.3 is 10.1 Å². The number of carbonyl (C=O) groups excluding carboxylic acids is 2. The minimum Gasteiger partial charge on any atom is -0.491 e. The average molecular weight is 279 g/mol. The molecule has 1 aromatic carbocycles. The summed E-state index contributed by atoms with van der Waals surface area (Å²) in [5.74, 6) is -1.11. The second-order valence-electron chi connectivity index (χ2n) is 4.13. The molecule has 1 heterocycles. The number of hydrogen-bond donors (Lipinski definition) is 2. The molecule has 1 aromatic rings. The van der Waals surface area contributed by atoms with Crippen LogP contribution in [0, 0.1) is 5.82 Å². The molecule has 0 fully saturated rings. The first-order valence-corrected chi connectivity index (χ1v) is 6.19. The summed E-state index contributed by atoms with van der Waals surface area (Å²) in [5.41, 5.74) is 2.74. The van der Waals surface area contributed by atoms with Gasteiger partial charge in [-0.15, -0.1) is 0 Å². The number of carbonyl (C=O) groups is 2. The highest BCUT2D eigenvalue weighted by Gasteiger charge is 2.18. The van der Waals surface area contributed by atoms with Crippen LogP contribution < -0.4 is 15.5 Å². The summed E-state index contributed by atoms with van der Waals surface area (Å²) in [7, 11) is 0. The van der Waals surface area contributed by atoms with Crippen LogP contribution in [0.15, 0.2) is 23.3 Å². The standard InChI is InChI=1S/C13H14FN3O3/c1-2-20-11-5-3-8(7-9(11)14)15-13(19)10-4-6-12(18)17-16-10/h3,5,7H,2,4,6H2,1H3,(H,15,19)(H,17,18). The number of nitrogens with zero attached hydrogens (tertiary/aromatic N) is 1. The van der Waals surface area contributed by atoms with Crippen molar-refractivity contribution in [3.63, 3.8) is 0 Å². The van der Waals surface area contributed by atoms with Crippen molar-refractivity contribution in [3.8, 4) is 5.75 Å². The lowest BCUT2D eigenvalue weighted by Crippen LogP contribution is -2.32. The molecule has 2 amide bonds. The second kappa shape index (κ2) is 6.14. The van der Waals surface area contributed by atoms with Crippen molar-refractivity contribution >= 4 is 23.2 Å². The fraction of sp³-hybridized carbons (Fsp3) is 0.308. The van der Waals surface area contributed by atoms with Crippen molar-refractivity contribution in [1.29, 1.82) is 0 Å². The topological polar surface area (TPSA) is 79.8 Å². The van der Waals surface area contributed by atoms with Gasteiger partial charge in [-0.1, -0.05) is 0 Å². The number of benzene rings is 1. The van der Waals surface area contributed by atoms with Crippen molar-refractivity contribution in [3.05, 3.63) is 24.0 Å². The lowest BCUT2D eigenvalue weighted by molar-refractivity contribution is -0.121. The van der Waals surface area contributed by atoms with E-state index in [0.29, 0.717) is 12.3 Å². The highest BCUT2D eigenvalue weighted by Crippen LogP contribution is 2.21. The van der Waals surface area contributed by atoms with Gasteiger partial charge in [-0.25, -0.2) is 9.82 Å². The molecule has 20 heavy (non-hydrogen) atoms. The SMILES string of the molecule is CCOc1ccc(NC(=O)C2=NNC(=O)CC2)cc1F. The van der Waals surface area contributed by atoms with Crippen LogP contribution in [0.1, 0.15) is 19.8 Å². The molecule has 0 saturated carbocycles.